The summed E-state index contributed by atoms with van der Waals surface area (Å²) in [6, 6.07) is 0.0646. The number of likely N-dealkylation sites (tertiary alicyclic amines) is 1. The third-order valence-corrected chi connectivity index (χ3v) is 4.79. The van der Waals surface area contributed by atoms with Crippen LogP contribution >= 0.6 is 11.3 Å². The van der Waals surface area contributed by atoms with E-state index in [4.69, 9.17) is 0 Å². The summed E-state index contributed by atoms with van der Waals surface area (Å²) in [5.41, 5.74) is 1.43. The topological polar surface area (TPSA) is 113 Å². The number of carbonyl (C=O) groups excluding carboxylic acids is 2. The molecule has 3 rings (SSSR count). The standard InChI is InChI=1S/C15H20N6O3S/c1-9-14(20-24-19-9)18-13(23)7-21-6-4-3-5-12(21)11-8-25-15(17-11)16-10(2)22/h8,12H,3-7H2,1-2H3,(H,16,17,22)(H,18,20,23). The molecule has 10 heteroatoms. The fourth-order valence-electron chi connectivity index (χ4n) is 2.86. The van der Waals surface area contributed by atoms with Crippen LogP contribution in [0.4, 0.5) is 10.9 Å². The summed E-state index contributed by atoms with van der Waals surface area (Å²) in [6.45, 7) is 4.23. The zero-order valence-corrected chi connectivity index (χ0v) is 14.9. The smallest absolute Gasteiger partial charge is 0.239 e. The van der Waals surface area contributed by atoms with Gasteiger partial charge in [0.15, 0.2) is 10.9 Å². The first kappa shape index (κ1) is 17.5. The van der Waals surface area contributed by atoms with Crippen LogP contribution < -0.4 is 10.6 Å². The fraction of sp³-hybridized carbons (Fsp3) is 0.533. The van der Waals surface area contributed by atoms with Gasteiger partial charge in [0, 0.05) is 12.3 Å². The summed E-state index contributed by atoms with van der Waals surface area (Å²) in [5.74, 6) is 0.0422. The van der Waals surface area contributed by atoms with Crippen molar-refractivity contribution in [2.24, 2.45) is 0 Å². The van der Waals surface area contributed by atoms with E-state index >= 15 is 0 Å². The number of rotatable bonds is 5. The predicted molar refractivity (Wildman–Crippen MR) is 92.2 cm³/mol. The minimum atomic E-state index is -0.164. The molecule has 3 heterocycles. The molecule has 1 atom stereocenters. The van der Waals surface area contributed by atoms with Gasteiger partial charge in [0.05, 0.1) is 18.3 Å². The first-order chi connectivity index (χ1) is 12.0. The molecule has 25 heavy (non-hydrogen) atoms. The molecule has 9 nitrogen and oxygen atoms in total. The Kier molecular flexibility index (Phi) is 5.39. The second-order valence-corrected chi connectivity index (χ2v) is 6.85. The van der Waals surface area contributed by atoms with Gasteiger partial charge in [-0.2, -0.15) is 0 Å². The lowest BCUT2D eigenvalue weighted by atomic mass is 10.00. The molecule has 0 saturated carbocycles. The lowest BCUT2D eigenvalue weighted by molar-refractivity contribution is -0.118. The summed E-state index contributed by atoms with van der Waals surface area (Å²) in [6.07, 6.45) is 3.06. The van der Waals surface area contributed by atoms with E-state index in [-0.39, 0.29) is 24.4 Å². The Labute approximate surface area is 148 Å². The largest absolute Gasteiger partial charge is 0.305 e. The number of piperidine rings is 1. The highest BCUT2D eigenvalue weighted by atomic mass is 32.1. The second-order valence-electron chi connectivity index (χ2n) is 5.99. The van der Waals surface area contributed by atoms with E-state index in [1.54, 1.807) is 6.92 Å². The highest BCUT2D eigenvalue weighted by Crippen LogP contribution is 2.32. The SMILES string of the molecule is CC(=O)Nc1nc(C2CCCCN2CC(=O)Nc2nonc2C)cs1. The second kappa shape index (κ2) is 7.70. The molecule has 0 spiro atoms. The summed E-state index contributed by atoms with van der Waals surface area (Å²) in [4.78, 5) is 30.1. The molecule has 2 aromatic heterocycles. The maximum Gasteiger partial charge on any atom is 0.239 e. The molecule has 2 amide bonds. The van der Waals surface area contributed by atoms with Crippen LogP contribution in [-0.2, 0) is 9.59 Å². The number of thiazole rings is 1. The Morgan fingerprint density at radius 2 is 2.20 bits per heavy atom. The van der Waals surface area contributed by atoms with Crippen molar-refractivity contribution in [3.8, 4) is 0 Å². The summed E-state index contributed by atoms with van der Waals surface area (Å²) in [7, 11) is 0. The van der Waals surface area contributed by atoms with Crippen molar-refractivity contribution in [3.63, 3.8) is 0 Å². The number of carbonyl (C=O) groups is 2. The molecule has 0 aliphatic carbocycles. The summed E-state index contributed by atoms with van der Waals surface area (Å²) >= 11 is 1.40. The minimum Gasteiger partial charge on any atom is -0.305 e. The Balaban J connectivity index is 1.66. The molecule has 2 N–H and O–H groups in total. The van der Waals surface area contributed by atoms with Crippen LogP contribution in [0.3, 0.4) is 0 Å². The molecular formula is C15H20N6O3S. The van der Waals surface area contributed by atoms with E-state index in [9.17, 15) is 9.59 Å². The van der Waals surface area contributed by atoms with Crippen LogP contribution in [0.1, 0.15) is 43.6 Å². The van der Waals surface area contributed by atoms with Gasteiger partial charge in [-0.05, 0) is 31.5 Å². The highest BCUT2D eigenvalue weighted by molar-refractivity contribution is 7.13. The van der Waals surface area contributed by atoms with Crippen molar-refractivity contribution < 1.29 is 14.2 Å². The number of aryl methyl sites for hydroxylation is 1. The quantitative estimate of drug-likeness (QED) is 0.833. The number of nitrogens with one attached hydrogen (secondary N) is 2. The van der Waals surface area contributed by atoms with E-state index < -0.39 is 0 Å². The number of aromatic nitrogens is 3. The van der Waals surface area contributed by atoms with Crippen molar-refractivity contribution in [1.82, 2.24) is 20.2 Å². The Bertz CT molecular complexity index is 758. The summed E-state index contributed by atoms with van der Waals surface area (Å²) in [5, 5.41) is 15.3. The molecule has 0 aromatic carbocycles. The maximum absolute atomic E-state index is 12.3. The molecule has 1 fully saturated rings. The number of nitrogens with zero attached hydrogens (tertiary/aromatic N) is 4. The zero-order valence-electron chi connectivity index (χ0n) is 14.1. The van der Waals surface area contributed by atoms with E-state index in [0.29, 0.717) is 16.6 Å². The molecule has 1 aliphatic heterocycles. The van der Waals surface area contributed by atoms with Crippen LogP contribution in [0.15, 0.2) is 10.0 Å². The number of hydrogen-bond donors (Lipinski definition) is 2. The third kappa shape index (κ3) is 4.40. The van der Waals surface area contributed by atoms with E-state index in [2.05, 4.69) is 35.5 Å². The zero-order chi connectivity index (χ0) is 17.8. The Hall–Kier alpha value is -2.33. The minimum absolute atomic E-state index is 0.0646. The van der Waals surface area contributed by atoms with Gasteiger partial charge in [0.1, 0.15) is 5.69 Å². The third-order valence-electron chi connectivity index (χ3n) is 4.02. The van der Waals surface area contributed by atoms with Crippen molar-refractivity contribution >= 4 is 34.1 Å². The van der Waals surface area contributed by atoms with Gasteiger partial charge in [-0.3, -0.25) is 14.5 Å². The van der Waals surface area contributed by atoms with Gasteiger partial charge in [-0.15, -0.1) is 11.3 Å². The van der Waals surface area contributed by atoms with Crippen molar-refractivity contribution in [2.75, 3.05) is 23.7 Å². The normalized spacial score (nSPS) is 18.1. The van der Waals surface area contributed by atoms with Crippen LogP contribution in [0.25, 0.3) is 0 Å². The number of hydrogen-bond acceptors (Lipinski definition) is 8. The average Bonchev–Trinajstić information content (AvgIpc) is 3.17. The van der Waals surface area contributed by atoms with Crippen LogP contribution in [0.2, 0.25) is 0 Å². The molecule has 2 aromatic rings. The van der Waals surface area contributed by atoms with E-state index in [1.165, 1.54) is 18.3 Å². The van der Waals surface area contributed by atoms with Gasteiger partial charge in [-0.1, -0.05) is 11.6 Å². The first-order valence-corrected chi connectivity index (χ1v) is 8.97. The van der Waals surface area contributed by atoms with Crippen LogP contribution in [-0.4, -0.2) is 45.1 Å². The van der Waals surface area contributed by atoms with Gasteiger partial charge < -0.3 is 10.6 Å². The monoisotopic (exact) mass is 364 g/mol. The average molecular weight is 364 g/mol. The summed E-state index contributed by atoms with van der Waals surface area (Å²) < 4.78 is 4.59. The number of anilines is 2. The predicted octanol–water partition coefficient (Wildman–Crippen LogP) is 1.96. The van der Waals surface area contributed by atoms with Gasteiger partial charge in [-0.25, -0.2) is 9.61 Å². The molecule has 1 unspecified atom stereocenters. The fourth-order valence-corrected chi connectivity index (χ4v) is 3.67. The molecule has 0 radical (unpaired) electrons. The molecule has 1 saturated heterocycles. The van der Waals surface area contributed by atoms with Crippen molar-refractivity contribution in [2.45, 2.75) is 39.2 Å². The number of amides is 2. The van der Waals surface area contributed by atoms with Gasteiger partial charge in [0.25, 0.3) is 0 Å². The molecule has 1 aliphatic rings. The molecular weight excluding hydrogens is 344 g/mol. The van der Waals surface area contributed by atoms with E-state index in [1.807, 2.05) is 5.38 Å². The maximum atomic E-state index is 12.3. The lowest BCUT2D eigenvalue weighted by Crippen LogP contribution is -2.39. The Morgan fingerprint density at radius 1 is 1.36 bits per heavy atom. The lowest BCUT2D eigenvalue weighted by Gasteiger charge is -2.34. The van der Waals surface area contributed by atoms with Crippen LogP contribution in [0, 0.1) is 6.92 Å². The molecule has 134 valence electrons. The molecule has 0 bridgehead atoms. The highest BCUT2D eigenvalue weighted by Gasteiger charge is 2.28. The van der Waals surface area contributed by atoms with E-state index in [0.717, 1.165) is 31.5 Å². The van der Waals surface area contributed by atoms with Crippen LogP contribution in [0.5, 0.6) is 0 Å². The first-order valence-electron chi connectivity index (χ1n) is 8.09. The van der Waals surface area contributed by atoms with Gasteiger partial charge in [0.2, 0.25) is 11.8 Å². The van der Waals surface area contributed by atoms with Crippen molar-refractivity contribution in [1.29, 1.82) is 0 Å². The van der Waals surface area contributed by atoms with Gasteiger partial charge >= 0.3 is 0 Å². The Morgan fingerprint density at radius 3 is 2.92 bits per heavy atom. The van der Waals surface area contributed by atoms with Crippen molar-refractivity contribution in [3.05, 3.63) is 16.8 Å².